The molecule has 3 heterocycles. The molecule has 2 aromatic rings. The summed E-state index contributed by atoms with van der Waals surface area (Å²) in [6.45, 7) is 5.31. The fraction of sp³-hybridized carbons (Fsp3) is 0.471. The van der Waals surface area contributed by atoms with Crippen molar-refractivity contribution < 1.29 is 14.2 Å². The van der Waals surface area contributed by atoms with Crippen LogP contribution in [-0.2, 0) is 6.42 Å². The van der Waals surface area contributed by atoms with Gasteiger partial charge in [-0.1, -0.05) is 0 Å². The van der Waals surface area contributed by atoms with Crippen LogP contribution in [0.1, 0.15) is 28.7 Å². The monoisotopic (exact) mass is 315 g/mol. The molecule has 1 aromatic heterocycles. The molecule has 0 N–H and O–H groups in total. The summed E-state index contributed by atoms with van der Waals surface area (Å²) in [5, 5.41) is 4.70. The Bertz CT molecular complexity index is 769. The van der Waals surface area contributed by atoms with Gasteiger partial charge in [0.2, 0.25) is 12.5 Å². The molecule has 0 fully saturated rings. The first kappa shape index (κ1) is 14.4. The number of likely N-dealkylation sites (N-methyl/N-ethyl adjacent to an activating group) is 1. The van der Waals surface area contributed by atoms with E-state index in [1.54, 1.807) is 7.11 Å². The number of ether oxygens (including phenoxy) is 3. The second kappa shape index (κ2) is 5.16. The maximum atomic E-state index is 5.73. The van der Waals surface area contributed by atoms with Crippen molar-refractivity contribution in [1.82, 2.24) is 14.7 Å². The number of aromatic nitrogens is 2. The Kier molecular flexibility index (Phi) is 3.23. The summed E-state index contributed by atoms with van der Waals surface area (Å²) in [7, 11) is 3.80. The van der Waals surface area contributed by atoms with E-state index in [2.05, 4.69) is 35.7 Å². The summed E-state index contributed by atoms with van der Waals surface area (Å²) in [6, 6.07) is 4.19. The van der Waals surface area contributed by atoms with Crippen LogP contribution in [-0.4, -0.2) is 42.2 Å². The SMILES string of the molecule is COc1c2c(cc3c1C(n1nc(C)cc1C)N(C)CC3)OCO2. The average Bonchev–Trinajstić information content (AvgIpc) is 3.11. The van der Waals surface area contributed by atoms with Gasteiger partial charge in [-0.2, -0.15) is 5.10 Å². The molecule has 2 aliphatic rings. The van der Waals surface area contributed by atoms with E-state index in [0.29, 0.717) is 5.75 Å². The standard InChI is InChI=1S/C17H21N3O3/c1-10-7-11(2)20(18-10)17-14-12(5-6-19(17)3)8-13-15(16(14)21-4)23-9-22-13/h7-8,17H,5-6,9H2,1-4H3. The number of hydrogen-bond acceptors (Lipinski definition) is 5. The van der Waals surface area contributed by atoms with Crippen LogP contribution in [0.3, 0.4) is 0 Å². The van der Waals surface area contributed by atoms with Crippen LogP contribution >= 0.6 is 0 Å². The Labute approximate surface area is 135 Å². The highest BCUT2D eigenvalue weighted by molar-refractivity contribution is 5.61. The first-order chi connectivity index (χ1) is 11.1. The highest BCUT2D eigenvalue weighted by Crippen LogP contribution is 2.49. The third-order valence-electron chi connectivity index (χ3n) is 4.63. The quantitative estimate of drug-likeness (QED) is 0.851. The second-order valence-corrected chi connectivity index (χ2v) is 6.19. The number of rotatable bonds is 2. The predicted molar refractivity (Wildman–Crippen MR) is 85.3 cm³/mol. The van der Waals surface area contributed by atoms with Gasteiger partial charge in [0.25, 0.3) is 0 Å². The maximum absolute atomic E-state index is 5.73. The van der Waals surface area contributed by atoms with Crippen LogP contribution in [0.15, 0.2) is 12.1 Å². The Morgan fingerprint density at radius 1 is 1.26 bits per heavy atom. The van der Waals surface area contributed by atoms with Crippen LogP contribution in [0.5, 0.6) is 17.2 Å². The van der Waals surface area contributed by atoms with Crippen LogP contribution in [0.2, 0.25) is 0 Å². The third-order valence-corrected chi connectivity index (χ3v) is 4.63. The van der Waals surface area contributed by atoms with Crippen molar-refractivity contribution in [2.45, 2.75) is 26.4 Å². The normalized spacial score (nSPS) is 19.7. The summed E-state index contributed by atoms with van der Waals surface area (Å²) >= 11 is 0. The Balaban J connectivity index is 1.95. The molecule has 2 aliphatic heterocycles. The molecular weight excluding hydrogens is 294 g/mol. The molecule has 1 aromatic carbocycles. The zero-order valence-corrected chi connectivity index (χ0v) is 13.9. The fourth-order valence-electron chi connectivity index (χ4n) is 3.61. The van der Waals surface area contributed by atoms with Gasteiger partial charge < -0.3 is 14.2 Å². The van der Waals surface area contributed by atoms with Crippen LogP contribution in [0.4, 0.5) is 0 Å². The summed E-state index contributed by atoms with van der Waals surface area (Å²) in [5.41, 5.74) is 4.51. The molecule has 0 saturated heterocycles. The molecule has 6 heteroatoms. The highest BCUT2D eigenvalue weighted by atomic mass is 16.7. The van der Waals surface area contributed by atoms with E-state index in [1.165, 1.54) is 5.56 Å². The number of nitrogens with zero attached hydrogens (tertiary/aromatic N) is 3. The minimum atomic E-state index is -0.00287. The lowest BCUT2D eigenvalue weighted by Gasteiger charge is -2.36. The highest BCUT2D eigenvalue weighted by Gasteiger charge is 2.35. The van der Waals surface area contributed by atoms with Crippen molar-refractivity contribution in [3.8, 4) is 17.2 Å². The Hall–Kier alpha value is -2.21. The smallest absolute Gasteiger partial charge is 0.231 e. The van der Waals surface area contributed by atoms with Gasteiger partial charge >= 0.3 is 0 Å². The molecule has 1 unspecified atom stereocenters. The maximum Gasteiger partial charge on any atom is 0.231 e. The van der Waals surface area contributed by atoms with E-state index < -0.39 is 0 Å². The summed E-state index contributed by atoms with van der Waals surface area (Å²) in [6.07, 6.45) is 0.950. The molecule has 23 heavy (non-hydrogen) atoms. The van der Waals surface area contributed by atoms with Gasteiger partial charge in [0.15, 0.2) is 11.5 Å². The molecule has 122 valence electrons. The van der Waals surface area contributed by atoms with Gasteiger partial charge in [-0.15, -0.1) is 0 Å². The van der Waals surface area contributed by atoms with E-state index >= 15 is 0 Å². The first-order valence-electron chi connectivity index (χ1n) is 7.82. The number of fused-ring (bicyclic) bond motifs is 2. The van der Waals surface area contributed by atoms with Gasteiger partial charge in [0.05, 0.1) is 12.8 Å². The largest absolute Gasteiger partial charge is 0.492 e. The van der Waals surface area contributed by atoms with Crippen molar-refractivity contribution in [3.63, 3.8) is 0 Å². The van der Waals surface area contributed by atoms with Gasteiger partial charge in [-0.3, -0.25) is 4.90 Å². The summed E-state index contributed by atoms with van der Waals surface area (Å²) < 4.78 is 19.0. The molecular formula is C17H21N3O3. The van der Waals surface area contributed by atoms with Crippen LogP contribution < -0.4 is 14.2 Å². The molecule has 0 radical (unpaired) electrons. The van der Waals surface area contributed by atoms with Gasteiger partial charge in [0, 0.05) is 17.8 Å². The van der Waals surface area contributed by atoms with Crippen molar-refractivity contribution in [2.24, 2.45) is 0 Å². The topological polar surface area (TPSA) is 48.8 Å². The Morgan fingerprint density at radius 2 is 2.09 bits per heavy atom. The minimum absolute atomic E-state index is 0.00287. The van der Waals surface area contributed by atoms with Gasteiger partial charge in [0.1, 0.15) is 6.17 Å². The molecule has 4 rings (SSSR count). The molecule has 1 atom stereocenters. The molecule has 0 spiro atoms. The number of methoxy groups -OCH3 is 1. The van der Waals surface area contributed by atoms with Crippen molar-refractivity contribution >= 4 is 0 Å². The van der Waals surface area contributed by atoms with Crippen molar-refractivity contribution in [1.29, 1.82) is 0 Å². The number of aryl methyl sites for hydroxylation is 2. The van der Waals surface area contributed by atoms with Crippen LogP contribution in [0.25, 0.3) is 0 Å². The molecule has 0 aliphatic carbocycles. The molecule has 0 saturated carbocycles. The van der Waals surface area contributed by atoms with E-state index in [0.717, 1.165) is 41.4 Å². The van der Waals surface area contributed by atoms with E-state index in [9.17, 15) is 0 Å². The molecule has 0 bridgehead atoms. The van der Waals surface area contributed by atoms with Gasteiger partial charge in [-0.25, -0.2) is 4.68 Å². The number of benzene rings is 1. The summed E-state index contributed by atoms with van der Waals surface area (Å²) in [4.78, 5) is 2.30. The lowest BCUT2D eigenvalue weighted by atomic mass is 9.95. The average molecular weight is 315 g/mol. The third kappa shape index (κ3) is 2.09. The lowest BCUT2D eigenvalue weighted by molar-refractivity contribution is 0.168. The van der Waals surface area contributed by atoms with Gasteiger partial charge in [-0.05, 0) is 45.0 Å². The van der Waals surface area contributed by atoms with Crippen LogP contribution in [0, 0.1) is 13.8 Å². The Morgan fingerprint density at radius 3 is 2.78 bits per heavy atom. The first-order valence-corrected chi connectivity index (χ1v) is 7.82. The number of hydrogen-bond donors (Lipinski definition) is 0. The minimum Gasteiger partial charge on any atom is -0.492 e. The molecule has 0 amide bonds. The lowest BCUT2D eigenvalue weighted by Crippen LogP contribution is -2.37. The van der Waals surface area contributed by atoms with Crippen molar-refractivity contribution in [2.75, 3.05) is 27.5 Å². The van der Waals surface area contributed by atoms with E-state index in [4.69, 9.17) is 19.3 Å². The van der Waals surface area contributed by atoms with E-state index in [-0.39, 0.29) is 13.0 Å². The summed E-state index contributed by atoms with van der Waals surface area (Å²) in [5.74, 6) is 2.24. The zero-order valence-electron chi connectivity index (χ0n) is 13.9. The second-order valence-electron chi connectivity index (χ2n) is 6.19. The predicted octanol–water partition coefficient (Wildman–Crippen LogP) is 2.27. The zero-order chi connectivity index (χ0) is 16.1. The fourth-order valence-corrected chi connectivity index (χ4v) is 3.61. The molecule has 6 nitrogen and oxygen atoms in total. The van der Waals surface area contributed by atoms with Crippen molar-refractivity contribution in [3.05, 3.63) is 34.6 Å². The van der Waals surface area contributed by atoms with E-state index in [1.807, 2.05) is 6.92 Å².